The van der Waals surface area contributed by atoms with Gasteiger partial charge in [0.2, 0.25) is 0 Å². The van der Waals surface area contributed by atoms with E-state index in [0.29, 0.717) is 5.56 Å². The summed E-state index contributed by atoms with van der Waals surface area (Å²) in [5.41, 5.74) is 3.17. The van der Waals surface area contributed by atoms with Gasteiger partial charge in [-0.3, -0.25) is 0 Å². The molecular formula is C28H41NO6. The number of aliphatic hydroxyl groups excluding tert-OH is 3. The first kappa shape index (κ1) is 27.6. The molecule has 3 rings (SSSR count). The lowest BCUT2D eigenvalue weighted by Gasteiger charge is -2.42. The Bertz CT molecular complexity index is 966. The summed E-state index contributed by atoms with van der Waals surface area (Å²) in [4.78, 5) is 0. The van der Waals surface area contributed by atoms with E-state index < -0.39 is 37.3 Å². The first-order valence-electron chi connectivity index (χ1n) is 12.2. The Kier molecular flexibility index (Phi) is 8.63. The van der Waals surface area contributed by atoms with E-state index in [-0.39, 0.29) is 29.7 Å². The van der Waals surface area contributed by atoms with Gasteiger partial charge in [0.05, 0.1) is 19.3 Å². The average molecular weight is 488 g/mol. The molecule has 5 atom stereocenters. The highest BCUT2D eigenvalue weighted by atomic mass is 16.7. The summed E-state index contributed by atoms with van der Waals surface area (Å²) < 4.78 is 11.8. The summed E-state index contributed by atoms with van der Waals surface area (Å²) in [5, 5.41) is 45.3. The van der Waals surface area contributed by atoms with Gasteiger partial charge in [0.15, 0.2) is 6.29 Å². The van der Waals surface area contributed by atoms with E-state index in [1.54, 1.807) is 0 Å². The zero-order chi connectivity index (χ0) is 26.0. The van der Waals surface area contributed by atoms with E-state index in [2.05, 4.69) is 52.9 Å². The number of aliphatic hydroxyl groups is 3. The highest BCUT2D eigenvalue weighted by molar-refractivity contribution is 5.48. The number of ether oxygens (including phenoxy) is 2. The zero-order valence-electron chi connectivity index (χ0n) is 21.7. The van der Waals surface area contributed by atoms with Crippen LogP contribution in [-0.2, 0) is 33.5 Å². The summed E-state index contributed by atoms with van der Waals surface area (Å²) in [6.45, 7) is 12.6. The standard InChI is InChI=1S/C28H41NO6/c1-27(2,3)19-12-18(23(31)20(13-19)28(4,5)6)14-29-22-25(33)24(32)21(15-30)35-26(22)34-16-17-10-8-7-9-11-17/h7-13,21-22,24-26,29-33H,14-16H2,1-6H3/t21-,22-,24-,25-,26+/m1/s1. The Hall–Kier alpha value is -2.00. The number of phenolic OH excluding ortho intramolecular Hbond substituents is 1. The van der Waals surface area contributed by atoms with Gasteiger partial charge in [-0.2, -0.15) is 0 Å². The van der Waals surface area contributed by atoms with Gasteiger partial charge in [-0.05, 0) is 27.5 Å². The number of hydrogen-bond acceptors (Lipinski definition) is 7. The van der Waals surface area contributed by atoms with Crippen LogP contribution in [0.25, 0.3) is 0 Å². The largest absolute Gasteiger partial charge is 0.507 e. The Balaban J connectivity index is 1.86. The molecule has 1 heterocycles. The Morgan fingerprint density at radius 1 is 0.943 bits per heavy atom. The SMILES string of the molecule is CC(C)(C)c1cc(CN[C@H]2[C@@H](OCc3ccccc3)O[C@H](CO)[C@@H](O)[C@@H]2O)c(O)c(C(C)(C)C)c1. The third kappa shape index (κ3) is 6.61. The van der Waals surface area contributed by atoms with Crippen LogP contribution in [0.5, 0.6) is 5.75 Å². The maximum atomic E-state index is 11.1. The van der Waals surface area contributed by atoms with Gasteiger partial charge >= 0.3 is 0 Å². The summed E-state index contributed by atoms with van der Waals surface area (Å²) in [7, 11) is 0. The molecule has 1 saturated heterocycles. The minimum Gasteiger partial charge on any atom is -0.507 e. The molecule has 7 heteroatoms. The lowest BCUT2D eigenvalue weighted by atomic mass is 9.79. The Morgan fingerprint density at radius 3 is 2.17 bits per heavy atom. The molecule has 1 aliphatic rings. The third-order valence-electron chi connectivity index (χ3n) is 6.53. The van der Waals surface area contributed by atoms with Crippen molar-refractivity contribution in [3.63, 3.8) is 0 Å². The fourth-order valence-corrected chi connectivity index (χ4v) is 4.26. The minimum absolute atomic E-state index is 0.123. The molecule has 2 aromatic rings. The smallest absolute Gasteiger partial charge is 0.176 e. The molecule has 2 aromatic carbocycles. The van der Waals surface area contributed by atoms with Crippen molar-refractivity contribution in [2.75, 3.05) is 6.61 Å². The normalized spacial score (nSPS) is 25.6. The number of nitrogens with one attached hydrogen (secondary N) is 1. The van der Waals surface area contributed by atoms with Gasteiger partial charge in [0, 0.05) is 12.1 Å². The fraction of sp³-hybridized carbons (Fsp3) is 0.571. The summed E-state index contributed by atoms with van der Waals surface area (Å²) in [6, 6.07) is 12.8. The molecule has 1 fully saturated rings. The lowest BCUT2D eigenvalue weighted by Crippen LogP contribution is -2.63. The maximum Gasteiger partial charge on any atom is 0.176 e. The molecule has 0 radical (unpaired) electrons. The van der Waals surface area contributed by atoms with Gasteiger partial charge in [-0.15, -0.1) is 0 Å². The predicted octanol–water partition coefficient (Wildman–Crippen LogP) is 3.10. The van der Waals surface area contributed by atoms with Crippen molar-refractivity contribution in [1.29, 1.82) is 0 Å². The Labute approximate surface area is 208 Å². The van der Waals surface area contributed by atoms with Gasteiger partial charge in [-0.1, -0.05) is 84.0 Å². The lowest BCUT2D eigenvalue weighted by molar-refractivity contribution is -0.274. The number of hydrogen-bond donors (Lipinski definition) is 5. The van der Waals surface area contributed by atoms with E-state index in [0.717, 1.165) is 16.7 Å². The maximum absolute atomic E-state index is 11.1. The van der Waals surface area contributed by atoms with Gasteiger partial charge in [0.25, 0.3) is 0 Å². The van der Waals surface area contributed by atoms with Crippen LogP contribution in [0.2, 0.25) is 0 Å². The summed E-state index contributed by atoms with van der Waals surface area (Å²) in [6.07, 6.45) is -4.40. The monoisotopic (exact) mass is 487 g/mol. The van der Waals surface area contributed by atoms with Crippen LogP contribution in [-0.4, -0.2) is 57.7 Å². The molecule has 35 heavy (non-hydrogen) atoms. The number of benzene rings is 2. The second-order valence-electron chi connectivity index (χ2n) is 11.4. The molecule has 0 saturated carbocycles. The van der Waals surface area contributed by atoms with E-state index in [4.69, 9.17) is 9.47 Å². The molecular weight excluding hydrogens is 446 g/mol. The number of phenols is 1. The van der Waals surface area contributed by atoms with E-state index in [9.17, 15) is 20.4 Å². The van der Waals surface area contributed by atoms with Crippen molar-refractivity contribution in [2.45, 2.75) is 96.2 Å². The van der Waals surface area contributed by atoms with Crippen molar-refractivity contribution in [3.8, 4) is 5.75 Å². The highest BCUT2D eigenvalue weighted by Gasteiger charge is 2.44. The quantitative estimate of drug-likeness (QED) is 0.408. The summed E-state index contributed by atoms with van der Waals surface area (Å²) in [5.74, 6) is 0.208. The van der Waals surface area contributed by atoms with Crippen LogP contribution in [0.4, 0.5) is 0 Å². The minimum atomic E-state index is -1.28. The van der Waals surface area contributed by atoms with Crippen LogP contribution in [0.3, 0.4) is 0 Å². The summed E-state index contributed by atoms with van der Waals surface area (Å²) >= 11 is 0. The first-order chi connectivity index (χ1) is 16.3. The van der Waals surface area contributed by atoms with Crippen molar-refractivity contribution in [2.24, 2.45) is 0 Å². The molecule has 5 N–H and O–H groups in total. The molecule has 7 nitrogen and oxygen atoms in total. The van der Waals surface area contributed by atoms with E-state index in [1.165, 1.54) is 0 Å². The molecule has 1 aliphatic heterocycles. The molecule has 194 valence electrons. The van der Waals surface area contributed by atoms with Gasteiger partial charge < -0.3 is 35.2 Å². The second-order valence-corrected chi connectivity index (χ2v) is 11.4. The molecule has 0 amide bonds. The van der Waals surface area contributed by atoms with Crippen molar-refractivity contribution >= 4 is 0 Å². The van der Waals surface area contributed by atoms with Crippen LogP contribution in [0.1, 0.15) is 63.8 Å². The predicted molar refractivity (Wildman–Crippen MR) is 135 cm³/mol. The number of aromatic hydroxyl groups is 1. The fourth-order valence-electron chi connectivity index (χ4n) is 4.26. The van der Waals surface area contributed by atoms with Crippen LogP contribution in [0, 0.1) is 0 Å². The molecule has 0 bridgehead atoms. The van der Waals surface area contributed by atoms with Crippen LogP contribution in [0.15, 0.2) is 42.5 Å². The van der Waals surface area contributed by atoms with E-state index >= 15 is 0 Å². The van der Waals surface area contributed by atoms with Gasteiger partial charge in [-0.25, -0.2) is 0 Å². The highest BCUT2D eigenvalue weighted by Crippen LogP contribution is 2.38. The Morgan fingerprint density at radius 2 is 1.60 bits per heavy atom. The van der Waals surface area contributed by atoms with Gasteiger partial charge in [0.1, 0.15) is 24.1 Å². The van der Waals surface area contributed by atoms with Crippen molar-refractivity contribution in [1.82, 2.24) is 5.32 Å². The number of rotatable bonds is 7. The third-order valence-corrected chi connectivity index (χ3v) is 6.53. The first-order valence-corrected chi connectivity index (χ1v) is 12.2. The van der Waals surface area contributed by atoms with E-state index in [1.807, 2.05) is 36.4 Å². The second kappa shape index (κ2) is 10.9. The van der Waals surface area contributed by atoms with Crippen molar-refractivity contribution < 1.29 is 29.9 Å². The van der Waals surface area contributed by atoms with Crippen molar-refractivity contribution in [3.05, 3.63) is 64.7 Å². The molecule has 0 aliphatic carbocycles. The molecule has 0 aromatic heterocycles. The molecule has 0 spiro atoms. The van der Waals surface area contributed by atoms with Crippen LogP contribution < -0.4 is 5.32 Å². The van der Waals surface area contributed by atoms with Crippen LogP contribution >= 0.6 is 0 Å². The average Bonchev–Trinajstić information content (AvgIpc) is 2.79. The zero-order valence-corrected chi connectivity index (χ0v) is 21.7. The topological polar surface area (TPSA) is 111 Å². The molecule has 0 unspecified atom stereocenters.